The smallest absolute Gasteiger partial charge is 0.246 e. The van der Waals surface area contributed by atoms with Gasteiger partial charge in [-0.3, -0.25) is 14.4 Å². The zero-order valence-electron chi connectivity index (χ0n) is 25.4. The van der Waals surface area contributed by atoms with Gasteiger partial charge in [0.15, 0.2) is 0 Å². The maximum atomic E-state index is 14.4. The van der Waals surface area contributed by atoms with Gasteiger partial charge in [0.05, 0.1) is 30.6 Å². The second kappa shape index (κ2) is 11.5. The predicted octanol–water partition coefficient (Wildman–Crippen LogP) is 3.61. The van der Waals surface area contributed by atoms with E-state index in [1.165, 1.54) is 0 Å². The summed E-state index contributed by atoms with van der Waals surface area (Å²) in [6.45, 7) is 10.4. The Balaban J connectivity index is 1.48. The Morgan fingerprint density at radius 3 is 2.21 bits per heavy atom. The minimum atomic E-state index is -1.12. The second-order valence-electron chi connectivity index (χ2n) is 14.1. The fraction of sp³-hybridized carbons (Fsp3) is 0.559. The van der Waals surface area contributed by atoms with E-state index in [0.717, 1.165) is 17.5 Å². The lowest BCUT2D eigenvalue weighted by molar-refractivity contribution is -0.146. The van der Waals surface area contributed by atoms with E-state index in [1.807, 2.05) is 74.5 Å². The molecule has 2 unspecified atom stereocenters. The third-order valence-electron chi connectivity index (χ3n) is 8.95. The fourth-order valence-corrected chi connectivity index (χ4v) is 7.90. The third kappa shape index (κ3) is 5.84. The molecule has 0 aliphatic carbocycles. The molecule has 226 valence electrons. The topological polar surface area (TPSA) is 108 Å². The van der Waals surface area contributed by atoms with Gasteiger partial charge in [-0.1, -0.05) is 81.4 Å². The van der Waals surface area contributed by atoms with Crippen LogP contribution in [0.5, 0.6) is 0 Å². The van der Waals surface area contributed by atoms with Crippen LogP contribution in [0.1, 0.15) is 65.0 Å². The number of rotatable bonds is 10. The summed E-state index contributed by atoms with van der Waals surface area (Å²) in [5.41, 5.74) is 0.214. The molecular weight excluding hydrogens is 530 g/mol. The number of ether oxygens (including phenoxy) is 1. The molecule has 0 aromatic heterocycles. The van der Waals surface area contributed by atoms with Gasteiger partial charge in [0.25, 0.3) is 0 Å². The average Bonchev–Trinajstić information content (AvgIpc) is 3.57. The molecule has 0 radical (unpaired) electrons. The van der Waals surface area contributed by atoms with Crippen molar-refractivity contribution < 1.29 is 24.2 Å². The normalized spacial score (nSPS) is 27.6. The van der Waals surface area contributed by atoms with E-state index in [1.54, 1.807) is 4.90 Å². The number of nitrogens with zero attached hydrogens (tertiary/aromatic N) is 1. The van der Waals surface area contributed by atoms with Crippen molar-refractivity contribution in [2.24, 2.45) is 17.3 Å². The first-order valence-corrected chi connectivity index (χ1v) is 15.1. The lowest BCUT2D eigenvalue weighted by Gasteiger charge is -2.40. The number of hydrogen-bond donors (Lipinski definition) is 3. The molecule has 2 aromatic carbocycles. The lowest BCUT2D eigenvalue weighted by atomic mass is 9.70. The first-order chi connectivity index (χ1) is 19.8. The molecule has 8 heteroatoms. The molecule has 3 fully saturated rings. The number of carbonyl (C=O) groups is 3. The summed E-state index contributed by atoms with van der Waals surface area (Å²) in [6.07, 6.45) is 1.78. The number of amides is 3. The van der Waals surface area contributed by atoms with Crippen molar-refractivity contribution in [3.63, 3.8) is 0 Å². The van der Waals surface area contributed by atoms with Crippen molar-refractivity contribution in [3.8, 4) is 0 Å². The van der Waals surface area contributed by atoms with E-state index >= 15 is 0 Å². The molecule has 2 bridgehead atoms. The first kappa shape index (κ1) is 30.2. The quantitative estimate of drug-likeness (QED) is 0.401. The van der Waals surface area contributed by atoms with E-state index in [4.69, 9.17) is 4.74 Å². The van der Waals surface area contributed by atoms with Gasteiger partial charge in [0, 0.05) is 12.1 Å². The second-order valence-corrected chi connectivity index (χ2v) is 14.1. The fourth-order valence-electron chi connectivity index (χ4n) is 7.90. The summed E-state index contributed by atoms with van der Waals surface area (Å²) >= 11 is 0. The highest BCUT2D eigenvalue weighted by molar-refractivity contribution is 5.99. The Kier molecular flexibility index (Phi) is 8.25. The van der Waals surface area contributed by atoms with Crippen molar-refractivity contribution in [2.45, 2.75) is 96.2 Å². The highest BCUT2D eigenvalue weighted by atomic mass is 16.5. The van der Waals surface area contributed by atoms with Gasteiger partial charge < -0.3 is 25.4 Å². The number of fused-ring (bicyclic) bond motifs is 1. The van der Waals surface area contributed by atoms with Gasteiger partial charge in [-0.05, 0) is 56.1 Å². The molecule has 42 heavy (non-hydrogen) atoms. The minimum Gasteiger partial charge on any atom is -0.394 e. The number of likely N-dealkylation sites (tertiary alicyclic amines) is 1. The maximum absolute atomic E-state index is 14.4. The highest BCUT2D eigenvalue weighted by Crippen LogP contribution is 2.59. The zero-order valence-corrected chi connectivity index (χ0v) is 25.4. The Morgan fingerprint density at radius 2 is 1.62 bits per heavy atom. The van der Waals surface area contributed by atoms with Crippen LogP contribution in [0.15, 0.2) is 60.7 Å². The number of nitrogens with one attached hydrogen (secondary N) is 2. The van der Waals surface area contributed by atoms with Gasteiger partial charge in [-0.2, -0.15) is 0 Å². The molecule has 0 saturated carbocycles. The van der Waals surface area contributed by atoms with Crippen molar-refractivity contribution in [2.75, 3.05) is 6.61 Å². The number of aliphatic hydroxyl groups is 1. The van der Waals surface area contributed by atoms with Crippen LogP contribution in [0.4, 0.5) is 0 Å². The molecule has 3 aliphatic heterocycles. The molecule has 3 heterocycles. The number of aliphatic hydroxyl groups excluding tert-OH is 1. The van der Waals surface area contributed by atoms with Crippen LogP contribution < -0.4 is 10.6 Å². The summed E-state index contributed by atoms with van der Waals surface area (Å²) in [4.78, 5) is 44.0. The van der Waals surface area contributed by atoms with Crippen LogP contribution in [0.3, 0.4) is 0 Å². The maximum Gasteiger partial charge on any atom is 0.246 e. The largest absolute Gasteiger partial charge is 0.394 e. The Hall–Kier alpha value is -3.23. The van der Waals surface area contributed by atoms with Gasteiger partial charge in [0.1, 0.15) is 11.6 Å². The van der Waals surface area contributed by atoms with Crippen molar-refractivity contribution in [3.05, 3.63) is 71.8 Å². The SMILES string of the molecule is CC(C)(C)CC(C)(C)NC(=O)C1N([C@@H](CO)Cc2ccccc2)C(=O)[C@@H]2[C@H](C(=O)NCc3ccccc3)[C@@H]3CCC12O3. The average molecular weight is 576 g/mol. The number of hydrogen-bond acceptors (Lipinski definition) is 5. The van der Waals surface area contributed by atoms with Gasteiger partial charge >= 0.3 is 0 Å². The summed E-state index contributed by atoms with van der Waals surface area (Å²) in [6, 6.07) is 17.7. The third-order valence-corrected chi connectivity index (χ3v) is 8.95. The molecule has 3 saturated heterocycles. The Bertz CT molecular complexity index is 1290. The van der Waals surface area contributed by atoms with Gasteiger partial charge in [0.2, 0.25) is 17.7 Å². The molecular formula is C34H45N3O5. The monoisotopic (exact) mass is 575 g/mol. The van der Waals surface area contributed by atoms with Crippen LogP contribution >= 0.6 is 0 Å². The Morgan fingerprint density at radius 1 is 1.00 bits per heavy atom. The molecule has 5 rings (SSSR count). The van der Waals surface area contributed by atoms with E-state index in [0.29, 0.717) is 25.8 Å². The molecule has 3 aliphatic rings. The molecule has 1 spiro atoms. The zero-order chi connectivity index (χ0) is 30.3. The molecule has 2 aromatic rings. The van der Waals surface area contributed by atoms with E-state index in [9.17, 15) is 19.5 Å². The van der Waals surface area contributed by atoms with Crippen LogP contribution in [0.2, 0.25) is 0 Å². The van der Waals surface area contributed by atoms with Crippen molar-refractivity contribution >= 4 is 17.7 Å². The van der Waals surface area contributed by atoms with Crippen molar-refractivity contribution in [1.82, 2.24) is 15.5 Å². The van der Waals surface area contributed by atoms with Crippen LogP contribution in [-0.4, -0.2) is 63.7 Å². The van der Waals surface area contributed by atoms with Crippen LogP contribution in [0, 0.1) is 17.3 Å². The number of carbonyl (C=O) groups excluding carboxylic acids is 3. The van der Waals surface area contributed by atoms with E-state index in [2.05, 4.69) is 31.4 Å². The standard InChI is InChI=1S/C34H45N3O5/c1-32(2,3)21-33(4,5)36-30(40)28-34-17-16-25(42-34)26(29(39)35-19-23-14-10-7-11-15-23)27(34)31(41)37(28)24(20-38)18-22-12-8-6-9-13-22/h6-15,24-28,38H,16-21H2,1-5H3,(H,35,39)(H,36,40)/t24-,25+,26-,27+,28?,34?/m1/s1. The lowest BCUT2D eigenvalue weighted by Crippen LogP contribution is -2.61. The first-order valence-electron chi connectivity index (χ1n) is 15.1. The van der Waals surface area contributed by atoms with E-state index < -0.39 is 41.2 Å². The molecule has 3 amide bonds. The summed E-state index contributed by atoms with van der Waals surface area (Å²) in [7, 11) is 0. The molecule has 6 atom stereocenters. The summed E-state index contributed by atoms with van der Waals surface area (Å²) in [5.74, 6) is -2.31. The summed E-state index contributed by atoms with van der Waals surface area (Å²) in [5, 5.41) is 16.9. The van der Waals surface area contributed by atoms with Crippen LogP contribution in [0.25, 0.3) is 0 Å². The predicted molar refractivity (Wildman–Crippen MR) is 160 cm³/mol. The Labute approximate surface area is 249 Å². The highest BCUT2D eigenvalue weighted by Gasteiger charge is 2.75. The van der Waals surface area contributed by atoms with E-state index in [-0.39, 0.29) is 29.7 Å². The van der Waals surface area contributed by atoms with Crippen molar-refractivity contribution in [1.29, 1.82) is 0 Å². The molecule has 8 nitrogen and oxygen atoms in total. The summed E-state index contributed by atoms with van der Waals surface area (Å²) < 4.78 is 6.60. The van der Waals surface area contributed by atoms with Gasteiger partial charge in [-0.15, -0.1) is 0 Å². The minimum absolute atomic E-state index is 0.0338. The molecule has 3 N–H and O–H groups in total. The van der Waals surface area contributed by atoms with Crippen LogP contribution in [-0.2, 0) is 32.1 Å². The number of benzene rings is 2. The van der Waals surface area contributed by atoms with Gasteiger partial charge in [-0.25, -0.2) is 0 Å².